The lowest BCUT2D eigenvalue weighted by molar-refractivity contribution is 0.424. The minimum absolute atomic E-state index is 0.127. The van der Waals surface area contributed by atoms with E-state index in [1.165, 1.54) is 12.1 Å². The van der Waals surface area contributed by atoms with E-state index >= 15 is 0 Å². The Kier molecular flexibility index (Phi) is 4.10. The van der Waals surface area contributed by atoms with Gasteiger partial charge in [-0.2, -0.15) is 0 Å². The average Bonchev–Trinajstić information content (AvgIpc) is 2.85. The van der Waals surface area contributed by atoms with Crippen LogP contribution in [-0.2, 0) is 13.0 Å². The van der Waals surface area contributed by atoms with Crippen molar-refractivity contribution in [1.29, 1.82) is 0 Å². The van der Waals surface area contributed by atoms with Crippen LogP contribution in [0.5, 0.6) is 0 Å². The SMILES string of the molecule is CCc1cnc(CNC(C)c2ccc(F)cc2)o1. The quantitative estimate of drug-likeness (QED) is 0.882. The molecule has 18 heavy (non-hydrogen) atoms. The minimum atomic E-state index is -0.216. The van der Waals surface area contributed by atoms with Gasteiger partial charge in [-0.1, -0.05) is 19.1 Å². The Morgan fingerprint density at radius 1 is 1.33 bits per heavy atom. The van der Waals surface area contributed by atoms with E-state index in [2.05, 4.69) is 10.3 Å². The number of nitrogens with one attached hydrogen (secondary N) is 1. The molecular formula is C14H17FN2O. The van der Waals surface area contributed by atoms with Gasteiger partial charge in [0.25, 0.3) is 0 Å². The van der Waals surface area contributed by atoms with Gasteiger partial charge in [0.15, 0.2) is 0 Å². The first-order chi connectivity index (χ1) is 8.69. The van der Waals surface area contributed by atoms with Crippen molar-refractivity contribution in [3.05, 3.63) is 53.5 Å². The lowest BCUT2D eigenvalue weighted by Crippen LogP contribution is -2.18. The van der Waals surface area contributed by atoms with Crippen molar-refractivity contribution in [2.75, 3.05) is 0 Å². The fourth-order valence-corrected chi connectivity index (χ4v) is 1.70. The predicted molar refractivity (Wildman–Crippen MR) is 67.5 cm³/mol. The summed E-state index contributed by atoms with van der Waals surface area (Å²) in [5.41, 5.74) is 1.04. The molecule has 3 nitrogen and oxygen atoms in total. The molecule has 1 aromatic carbocycles. The third-order valence-corrected chi connectivity index (χ3v) is 2.88. The Morgan fingerprint density at radius 3 is 2.67 bits per heavy atom. The topological polar surface area (TPSA) is 38.1 Å². The van der Waals surface area contributed by atoms with Gasteiger partial charge in [-0.25, -0.2) is 9.37 Å². The summed E-state index contributed by atoms with van der Waals surface area (Å²) in [4.78, 5) is 4.18. The molecule has 0 fully saturated rings. The molecule has 0 saturated carbocycles. The van der Waals surface area contributed by atoms with Crippen molar-refractivity contribution < 1.29 is 8.81 Å². The summed E-state index contributed by atoms with van der Waals surface area (Å²) in [7, 11) is 0. The van der Waals surface area contributed by atoms with E-state index < -0.39 is 0 Å². The Balaban J connectivity index is 1.91. The molecule has 1 atom stereocenters. The number of halogens is 1. The van der Waals surface area contributed by atoms with Gasteiger partial charge in [0, 0.05) is 12.5 Å². The summed E-state index contributed by atoms with van der Waals surface area (Å²) < 4.78 is 18.3. The summed E-state index contributed by atoms with van der Waals surface area (Å²) in [6.07, 6.45) is 2.60. The maximum absolute atomic E-state index is 12.8. The molecule has 0 bridgehead atoms. The number of aryl methyl sites for hydroxylation is 1. The second-order valence-corrected chi connectivity index (χ2v) is 4.23. The van der Waals surface area contributed by atoms with Crippen LogP contribution in [0, 0.1) is 5.82 Å². The molecule has 0 saturated heterocycles. The number of hydrogen-bond acceptors (Lipinski definition) is 3. The molecule has 0 aliphatic rings. The van der Waals surface area contributed by atoms with Crippen molar-refractivity contribution in [1.82, 2.24) is 10.3 Å². The number of oxazole rings is 1. The van der Waals surface area contributed by atoms with E-state index in [0.717, 1.165) is 17.7 Å². The van der Waals surface area contributed by atoms with Crippen LogP contribution in [0.2, 0.25) is 0 Å². The normalized spacial score (nSPS) is 12.6. The van der Waals surface area contributed by atoms with Gasteiger partial charge in [0.1, 0.15) is 11.6 Å². The van der Waals surface area contributed by atoms with Crippen LogP contribution in [0.3, 0.4) is 0 Å². The molecule has 0 aliphatic carbocycles. The molecule has 0 radical (unpaired) electrons. The standard InChI is InChI=1S/C14H17FN2O/c1-3-13-8-17-14(18-13)9-16-10(2)11-4-6-12(15)7-5-11/h4-8,10,16H,3,9H2,1-2H3. The first-order valence-corrected chi connectivity index (χ1v) is 6.11. The summed E-state index contributed by atoms with van der Waals surface area (Å²) in [5.74, 6) is 1.35. The lowest BCUT2D eigenvalue weighted by Gasteiger charge is -2.12. The molecule has 1 N–H and O–H groups in total. The van der Waals surface area contributed by atoms with Crippen LogP contribution < -0.4 is 5.32 Å². The maximum atomic E-state index is 12.8. The van der Waals surface area contributed by atoms with E-state index in [1.54, 1.807) is 18.3 Å². The number of benzene rings is 1. The largest absolute Gasteiger partial charge is 0.444 e. The van der Waals surface area contributed by atoms with E-state index in [4.69, 9.17) is 4.42 Å². The highest BCUT2D eigenvalue weighted by atomic mass is 19.1. The fraction of sp³-hybridized carbons (Fsp3) is 0.357. The van der Waals surface area contributed by atoms with Crippen molar-refractivity contribution in [3.63, 3.8) is 0 Å². The van der Waals surface area contributed by atoms with Crippen molar-refractivity contribution >= 4 is 0 Å². The molecule has 4 heteroatoms. The molecule has 1 unspecified atom stereocenters. The molecular weight excluding hydrogens is 231 g/mol. The average molecular weight is 248 g/mol. The first kappa shape index (κ1) is 12.8. The monoisotopic (exact) mass is 248 g/mol. The van der Waals surface area contributed by atoms with Gasteiger partial charge >= 0.3 is 0 Å². The Morgan fingerprint density at radius 2 is 2.06 bits per heavy atom. The molecule has 2 aromatic rings. The van der Waals surface area contributed by atoms with Gasteiger partial charge in [-0.05, 0) is 24.6 Å². The van der Waals surface area contributed by atoms with Crippen LogP contribution in [0.1, 0.15) is 37.1 Å². The van der Waals surface area contributed by atoms with Gasteiger partial charge < -0.3 is 9.73 Å². The Labute approximate surface area is 106 Å². The highest BCUT2D eigenvalue weighted by molar-refractivity contribution is 5.19. The molecule has 1 heterocycles. The zero-order valence-electron chi connectivity index (χ0n) is 10.6. The van der Waals surface area contributed by atoms with Crippen LogP contribution >= 0.6 is 0 Å². The third kappa shape index (κ3) is 3.17. The summed E-state index contributed by atoms with van der Waals surface area (Å²) >= 11 is 0. The molecule has 0 amide bonds. The number of rotatable bonds is 5. The van der Waals surface area contributed by atoms with Crippen molar-refractivity contribution in [2.45, 2.75) is 32.9 Å². The van der Waals surface area contributed by atoms with Crippen LogP contribution in [0.4, 0.5) is 4.39 Å². The maximum Gasteiger partial charge on any atom is 0.208 e. The number of hydrogen-bond donors (Lipinski definition) is 1. The van der Waals surface area contributed by atoms with E-state index in [1.807, 2.05) is 13.8 Å². The summed E-state index contributed by atoms with van der Waals surface area (Å²) in [6.45, 7) is 4.62. The second-order valence-electron chi connectivity index (χ2n) is 4.23. The van der Waals surface area contributed by atoms with Gasteiger partial charge in [0.2, 0.25) is 5.89 Å². The minimum Gasteiger partial charge on any atom is -0.444 e. The van der Waals surface area contributed by atoms with E-state index in [0.29, 0.717) is 12.4 Å². The zero-order chi connectivity index (χ0) is 13.0. The van der Waals surface area contributed by atoms with E-state index in [9.17, 15) is 4.39 Å². The first-order valence-electron chi connectivity index (χ1n) is 6.11. The number of aromatic nitrogens is 1. The second kappa shape index (κ2) is 5.78. The number of nitrogens with zero attached hydrogens (tertiary/aromatic N) is 1. The highest BCUT2D eigenvalue weighted by Gasteiger charge is 2.07. The van der Waals surface area contributed by atoms with Gasteiger partial charge in [0.05, 0.1) is 12.7 Å². The summed E-state index contributed by atoms with van der Waals surface area (Å²) in [6, 6.07) is 6.62. The van der Waals surface area contributed by atoms with Crippen LogP contribution in [0.15, 0.2) is 34.9 Å². The van der Waals surface area contributed by atoms with Crippen LogP contribution in [0.25, 0.3) is 0 Å². The molecule has 0 spiro atoms. The van der Waals surface area contributed by atoms with Gasteiger partial charge in [-0.3, -0.25) is 0 Å². The van der Waals surface area contributed by atoms with Crippen molar-refractivity contribution in [2.24, 2.45) is 0 Å². The van der Waals surface area contributed by atoms with Crippen molar-refractivity contribution in [3.8, 4) is 0 Å². The summed E-state index contributed by atoms with van der Waals surface area (Å²) in [5, 5.41) is 3.29. The highest BCUT2D eigenvalue weighted by Crippen LogP contribution is 2.13. The van der Waals surface area contributed by atoms with Gasteiger partial charge in [-0.15, -0.1) is 0 Å². The fourth-order valence-electron chi connectivity index (χ4n) is 1.70. The Bertz CT molecular complexity index is 493. The smallest absolute Gasteiger partial charge is 0.208 e. The molecule has 1 aromatic heterocycles. The third-order valence-electron chi connectivity index (χ3n) is 2.88. The molecule has 0 aliphatic heterocycles. The molecule has 96 valence electrons. The van der Waals surface area contributed by atoms with Crippen LogP contribution in [-0.4, -0.2) is 4.98 Å². The van der Waals surface area contributed by atoms with E-state index in [-0.39, 0.29) is 11.9 Å². The lowest BCUT2D eigenvalue weighted by atomic mass is 10.1. The zero-order valence-corrected chi connectivity index (χ0v) is 10.6. The predicted octanol–water partition coefficient (Wildman–Crippen LogP) is 3.23. The molecule has 2 rings (SSSR count). The Hall–Kier alpha value is -1.68.